The molecule has 0 saturated carbocycles. The third-order valence-electron chi connectivity index (χ3n) is 3.55. The molecule has 2 unspecified atom stereocenters. The number of likely N-dealkylation sites (tertiary alicyclic amines) is 1. The SMILES string of the molecule is COC1CN(C(=O)c2cc(C)c(Br)s2)CCC1C. The number of halogens is 1. The minimum Gasteiger partial charge on any atom is -0.379 e. The van der Waals surface area contributed by atoms with Gasteiger partial charge in [0.05, 0.1) is 14.8 Å². The second-order valence-corrected chi connectivity index (χ2v) is 7.23. The number of ether oxygens (including phenoxy) is 1. The van der Waals surface area contributed by atoms with Gasteiger partial charge in [-0.25, -0.2) is 0 Å². The molecule has 1 saturated heterocycles. The van der Waals surface area contributed by atoms with Crippen molar-refractivity contribution in [2.45, 2.75) is 26.4 Å². The van der Waals surface area contributed by atoms with E-state index in [1.165, 1.54) is 11.3 Å². The second kappa shape index (κ2) is 5.72. The average molecular weight is 332 g/mol. The lowest BCUT2D eigenvalue weighted by Gasteiger charge is -2.36. The van der Waals surface area contributed by atoms with Crippen molar-refractivity contribution in [2.75, 3.05) is 20.2 Å². The van der Waals surface area contributed by atoms with E-state index in [9.17, 15) is 4.79 Å². The minimum atomic E-state index is 0.128. The van der Waals surface area contributed by atoms with Gasteiger partial charge < -0.3 is 9.64 Å². The Morgan fingerprint density at radius 1 is 1.61 bits per heavy atom. The summed E-state index contributed by atoms with van der Waals surface area (Å²) in [5, 5.41) is 0. The van der Waals surface area contributed by atoms with E-state index in [4.69, 9.17) is 4.74 Å². The second-order valence-electron chi connectivity index (χ2n) is 4.86. The lowest BCUT2D eigenvalue weighted by atomic mass is 9.96. The molecule has 0 spiro atoms. The van der Waals surface area contributed by atoms with Gasteiger partial charge in [0.25, 0.3) is 5.91 Å². The van der Waals surface area contributed by atoms with Gasteiger partial charge in [0.2, 0.25) is 0 Å². The lowest BCUT2D eigenvalue weighted by Crippen LogP contribution is -2.46. The predicted octanol–water partition coefficient (Wildman–Crippen LogP) is 3.32. The zero-order chi connectivity index (χ0) is 13.3. The quantitative estimate of drug-likeness (QED) is 0.832. The largest absolute Gasteiger partial charge is 0.379 e. The molecule has 0 aliphatic carbocycles. The summed E-state index contributed by atoms with van der Waals surface area (Å²) >= 11 is 4.98. The molecule has 2 rings (SSSR count). The molecular weight excluding hydrogens is 314 g/mol. The Labute approximate surface area is 120 Å². The third kappa shape index (κ3) is 2.78. The third-order valence-corrected chi connectivity index (χ3v) is 5.67. The van der Waals surface area contributed by atoms with E-state index in [1.54, 1.807) is 7.11 Å². The molecule has 0 radical (unpaired) electrons. The number of piperidine rings is 1. The Hall–Kier alpha value is -0.390. The van der Waals surface area contributed by atoms with Crippen molar-refractivity contribution < 1.29 is 9.53 Å². The van der Waals surface area contributed by atoms with Gasteiger partial charge in [-0.1, -0.05) is 6.92 Å². The predicted molar refractivity (Wildman–Crippen MR) is 77.2 cm³/mol. The van der Waals surface area contributed by atoms with Gasteiger partial charge in [-0.15, -0.1) is 11.3 Å². The van der Waals surface area contributed by atoms with Crippen LogP contribution in [0.5, 0.6) is 0 Å². The fourth-order valence-corrected chi connectivity index (χ4v) is 3.75. The molecular formula is C13H18BrNO2S. The van der Waals surface area contributed by atoms with Crippen LogP contribution in [0, 0.1) is 12.8 Å². The molecule has 0 aromatic carbocycles. The molecule has 0 N–H and O–H groups in total. The molecule has 1 aliphatic heterocycles. The fraction of sp³-hybridized carbons (Fsp3) is 0.615. The van der Waals surface area contributed by atoms with Crippen molar-refractivity contribution >= 4 is 33.2 Å². The van der Waals surface area contributed by atoms with Gasteiger partial charge in [0.15, 0.2) is 0 Å². The summed E-state index contributed by atoms with van der Waals surface area (Å²) in [6.45, 7) is 5.72. The van der Waals surface area contributed by atoms with Crippen LogP contribution in [-0.2, 0) is 4.74 Å². The highest BCUT2D eigenvalue weighted by molar-refractivity contribution is 9.11. The molecule has 1 fully saturated rings. The van der Waals surface area contributed by atoms with Crippen LogP contribution in [0.1, 0.15) is 28.6 Å². The van der Waals surface area contributed by atoms with Crippen LogP contribution in [0.3, 0.4) is 0 Å². The molecule has 1 aromatic rings. The highest BCUT2D eigenvalue weighted by Gasteiger charge is 2.29. The van der Waals surface area contributed by atoms with Gasteiger partial charge in [0.1, 0.15) is 0 Å². The normalized spacial score (nSPS) is 24.3. The average Bonchev–Trinajstić information content (AvgIpc) is 2.69. The number of hydrogen-bond donors (Lipinski definition) is 0. The van der Waals surface area contributed by atoms with E-state index in [0.29, 0.717) is 12.5 Å². The standard InChI is InChI=1S/C13H18BrNO2S/c1-8-4-5-15(7-10(8)17-3)13(16)11-6-9(2)12(14)18-11/h6,8,10H,4-5,7H2,1-3H3. The van der Waals surface area contributed by atoms with Gasteiger partial charge in [-0.05, 0) is 46.8 Å². The molecule has 3 nitrogen and oxygen atoms in total. The summed E-state index contributed by atoms with van der Waals surface area (Å²) in [7, 11) is 1.72. The topological polar surface area (TPSA) is 29.5 Å². The number of rotatable bonds is 2. The smallest absolute Gasteiger partial charge is 0.264 e. The summed E-state index contributed by atoms with van der Waals surface area (Å²) in [4.78, 5) is 15.1. The Morgan fingerprint density at radius 2 is 2.33 bits per heavy atom. The van der Waals surface area contributed by atoms with Crippen molar-refractivity contribution in [3.63, 3.8) is 0 Å². The summed E-state index contributed by atoms with van der Waals surface area (Å²) in [5.74, 6) is 0.651. The van der Waals surface area contributed by atoms with Gasteiger partial charge in [-0.3, -0.25) is 4.79 Å². The van der Waals surface area contributed by atoms with Crippen LogP contribution >= 0.6 is 27.3 Å². The molecule has 0 bridgehead atoms. The number of thiophene rings is 1. The molecule has 1 aliphatic rings. The first-order valence-corrected chi connectivity index (χ1v) is 7.72. The van der Waals surface area contributed by atoms with Crippen molar-refractivity contribution in [2.24, 2.45) is 5.92 Å². The molecule has 2 atom stereocenters. The molecule has 2 heterocycles. The van der Waals surface area contributed by atoms with Crippen molar-refractivity contribution in [3.8, 4) is 0 Å². The summed E-state index contributed by atoms with van der Waals surface area (Å²) < 4.78 is 6.49. The number of methoxy groups -OCH3 is 1. The van der Waals surface area contributed by atoms with E-state index in [1.807, 2.05) is 17.9 Å². The Kier molecular flexibility index (Phi) is 4.45. The number of hydrogen-bond acceptors (Lipinski definition) is 3. The first-order chi connectivity index (χ1) is 8.52. The monoisotopic (exact) mass is 331 g/mol. The lowest BCUT2D eigenvalue weighted by molar-refractivity contribution is -0.00139. The Morgan fingerprint density at radius 3 is 2.89 bits per heavy atom. The number of nitrogens with zero attached hydrogens (tertiary/aromatic N) is 1. The molecule has 1 amide bonds. The van der Waals surface area contributed by atoms with Crippen LogP contribution in [0.25, 0.3) is 0 Å². The first-order valence-electron chi connectivity index (χ1n) is 6.11. The van der Waals surface area contributed by atoms with Crippen LogP contribution in [0.2, 0.25) is 0 Å². The maximum Gasteiger partial charge on any atom is 0.264 e. The van der Waals surface area contributed by atoms with Gasteiger partial charge >= 0.3 is 0 Å². The fourth-order valence-electron chi connectivity index (χ4n) is 2.25. The summed E-state index contributed by atoms with van der Waals surface area (Å²) in [5.41, 5.74) is 1.12. The van der Waals surface area contributed by atoms with Crippen molar-refractivity contribution in [3.05, 3.63) is 20.3 Å². The number of amides is 1. The van der Waals surface area contributed by atoms with Crippen LogP contribution in [0.15, 0.2) is 9.85 Å². The highest BCUT2D eigenvalue weighted by atomic mass is 79.9. The number of aryl methyl sites for hydroxylation is 1. The van der Waals surface area contributed by atoms with E-state index in [-0.39, 0.29) is 12.0 Å². The Bertz CT molecular complexity index is 427. The molecule has 18 heavy (non-hydrogen) atoms. The van der Waals surface area contributed by atoms with E-state index >= 15 is 0 Å². The molecule has 100 valence electrons. The van der Waals surface area contributed by atoms with E-state index in [0.717, 1.165) is 27.2 Å². The van der Waals surface area contributed by atoms with Crippen LogP contribution in [-0.4, -0.2) is 37.1 Å². The van der Waals surface area contributed by atoms with E-state index < -0.39 is 0 Å². The van der Waals surface area contributed by atoms with Crippen molar-refractivity contribution in [1.82, 2.24) is 4.90 Å². The van der Waals surface area contributed by atoms with Crippen LogP contribution < -0.4 is 0 Å². The zero-order valence-corrected chi connectivity index (χ0v) is 13.3. The Balaban J connectivity index is 2.10. The molecule has 1 aromatic heterocycles. The van der Waals surface area contributed by atoms with Gasteiger partial charge in [-0.2, -0.15) is 0 Å². The first kappa shape index (κ1) is 14.0. The number of carbonyl (C=O) groups is 1. The van der Waals surface area contributed by atoms with Crippen molar-refractivity contribution in [1.29, 1.82) is 0 Å². The highest BCUT2D eigenvalue weighted by Crippen LogP contribution is 2.29. The van der Waals surface area contributed by atoms with E-state index in [2.05, 4.69) is 22.9 Å². The minimum absolute atomic E-state index is 0.128. The summed E-state index contributed by atoms with van der Waals surface area (Å²) in [6.07, 6.45) is 1.17. The number of carbonyl (C=O) groups excluding carboxylic acids is 1. The maximum atomic E-state index is 12.4. The van der Waals surface area contributed by atoms with Crippen LogP contribution in [0.4, 0.5) is 0 Å². The zero-order valence-electron chi connectivity index (χ0n) is 10.9. The van der Waals surface area contributed by atoms with Gasteiger partial charge in [0, 0.05) is 20.2 Å². The maximum absolute atomic E-state index is 12.4. The summed E-state index contributed by atoms with van der Waals surface area (Å²) in [6, 6.07) is 1.96. The molecule has 5 heteroatoms.